The van der Waals surface area contributed by atoms with Gasteiger partial charge in [-0.15, -0.1) is 10.2 Å². The molecule has 0 aliphatic carbocycles. The van der Waals surface area contributed by atoms with Crippen LogP contribution in [0.4, 0.5) is 0 Å². The zero-order valence-corrected chi connectivity index (χ0v) is 14.2. The van der Waals surface area contributed by atoms with Crippen LogP contribution in [0.25, 0.3) is 0 Å². The van der Waals surface area contributed by atoms with Crippen molar-refractivity contribution in [3.63, 3.8) is 0 Å². The normalized spacial score (nSPS) is 18.2. The van der Waals surface area contributed by atoms with Crippen LogP contribution < -0.4 is 10.6 Å². The summed E-state index contributed by atoms with van der Waals surface area (Å²) in [6.45, 7) is 5.40. The number of nitrogens with one attached hydrogen (secondary N) is 2. The lowest BCUT2D eigenvalue weighted by molar-refractivity contribution is -0.134. The van der Waals surface area contributed by atoms with Gasteiger partial charge in [0.15, 0.2) is 0 Å². The summed E-state index contributed by atoms with van der Waals surface area (Å²) in [5.74, 6) is 1.97. The number of amides is 2. The number of nitrogens with zero attached hydrogens (tertiary/aromatic N) is 3. The molecule has 0 unspecified atom stereocenters. The first-order valence-electron chi connectivity index (χ1n) is 8.14. The maximum atomic E-state index is 12.2. The van der Waals surface area contributed by atoms with Gasteiger partial charge in [-0.2, -0.15) is 0 Å². The third kappa shape index (κ3) is 4.44. The van der Waals surface area contributed by atoms with Gasteiger partial charge in [-0.1, -0.05) is 0 Å². The van der Waals surface area contributed by atoms with Crippen LogP contribution in [0.2, 0.25) is 0 Å². The summed E-state index contributed by atoms with van der Waals surface area (Å²) >= 11 is 0. The molecular weight excluding hydrogens is 326 g/mol. The zero-order chi connectivity index (χ0) is 17.8. The van der Waals surface area contributed by atoms with Crippen molar-refractivity contribution in [1.82, 2.24) is 25.7 Å². The predicted octanol–water partition coefficient (Wildman–Crippen LogP) is 0.286. The molecule has 1 aliphatic heterocycles. The molecule has 2 amide bonds. The minimum atomic E-state index is -0.538. The second-order valence-corrected chi connectivity index (χ2v) is 5.99. The van der Waals surface area contributed by atoms with Crippen LogP contribution in [0.1, 0.15) is 29.7 Å². The molecule has 9 nitrogen and oxygen atoms in total. The molecule has 0 radical (unpaired) electrons. The molecule has 3 heterocycles. The van der Waals surface area contributed by atoms with Gasteiger partial charge in [-0.25, -0.2) is 0 Å². The summed E-state index contributed by atoms with van der Waals surface area (Å²) in [5.41, 5.74) is 0. The van der Waals surface area contributed by atoms with E-state index in [0.29, 0.717) is 31.4 Å². The smallest absolute Gasteiger partial charge is 0.237 e. The summed E-state index contributed by atoms with van der Waals surface area (Å²) in [4.78, 5) is 26.4. The second-order valence-electron chi connectivity index (χ2n) is 5.99. The van der Waals surface area contributed by atoms with E-state index >= 15 is 0 Å². The first kappa shape index (κ1) is 17.2. The lowest BCUT2D eigenvalue weighted by Crippen LogP contribution is -2.56. The van der Waals surface area contributed by atoms with Gasteiger partial charge in [0.25, 0.3) is 0 Å². The van der Waals surface area contributed by atoms with Gasteiger partial charge in [0.2, 0.25) is 23.6 Å². The summed E-state index contributed by atoms with van der Waals surface area (Å²) in [7, 11) is 0. The number of carbonyl (C=O) groups is 2. The van der Waals surface area contributed by atoms with Crippen molar-refractivity contribution in [3.05, 3.63) is 35.4 Å². The van der Waals surface area contributed by atoms with Crippen molar-refractivity contribution in [3.8, 4) is 0 Å². The van der Waals surface area contributed by atoms with Gasteiger partial charge in [-0.3, -0.25) is 14.5 Å². The average Bonchev–Trinajstić information content (AvgIpc) is 3.17. The van der Waals surface area contributed by atoms with Gasteiger partial charge in [0.05, 0.1) is 25.6 Å². The Kier molecular flexibility index (Phi) is 5.13. The molecule has 1 atom stereocenters. The fourth-order valence-corrected chi connectivity index (χ4v) is 2.77. The Morgan fingerprint density at radius 2 is 2.20 bits per heavy atom. The molecule has 2 aromatic rings. The van der Waals surface area contributed by atoms with Gasteiger partial charge < -0.3 is 19.5 Å². The Hall–Kier alpha value is -2.68. The molecule has 9 heteroatoms. The van der Waals surface area contributed by atoms with Crippen molar-refractivity contribution in [2.24, 2.45) is 0 Å². The van der Waals surface area contributed by atoms with Crippen molar-refractivity contribution >= 4 is 11.8 Å². The SMILES string of the molecule is Cc1ccc(CN2CCNC(=O)[C@@H]2CC(=O)NCc2nnc(C)o2)o1. The zero-order valence-electron chi connectivity index (χ0n) is 14.2. The van der Waals surface area contributed by atoms with E-state index in [1.165, 1.54) is 0 Å². The van der Waals surface area contributed by atoms with Crippen LogP contribution in [-0.4, -0.2) is 46.0 Å². The van der Waals surface area contributed by atoms with Crippen molar-refractivity contribution < 1.29 is 18.4 Å². The number of furan rings is 1. The standard InChI is InChI=1S/C16H21N5O4/c1-10-3-4-12(24-10)9-21-6-5-17-16(23)13(21)7-14(22)18-8-15-20-19-11(2)25-15/h3-4,13H,5-9H2,1-2H3,(H,17,23)(H,18,22)/t13-/m0/s1. The number of aryl methyl sites for hydroxylation is 2. The number of rotatable bonds is 6. The van der Waals surface area contributed by atoms with E-state index in [9.17, 15) is 9.59 Å². The van der Waals surface area contributed by atoms with Gasteiger partial charge in [0.1, 0.15) is 11.5 Å². The first-order valence-corrected chi connectivity index (χ1v) is 8.14. The van der Waals surface area contributed by atoms with E-state index in [1.807, 2.05) is 24.0 Å². The van der Waals surface area contributed by atoms with Gasteiger partial charge >= 0.3 is 0 Å². The fraction of sp³-hybridized carbons (Fsp3) is 0.500. The number of piperazine rings is 1. The Balaban J connectivity index is 1.58. The molecule has 2 aromatic heterocycles. The molecule has 0 saturated carbocycles. The number of hydrogen-bond acceptors (Lipinski definition) is 7. The summed E-state index contributed by atoms with van der Waals surface area (Å²) in [6.07, 6.45) is 0.0542. The van der Waals surface area contributed by atoms with Gasteiger partial charge in [-0.05, 0) is 19.1 Å². The van der Waals surface area contributed by atoms with Gasteiger partial charge in [0, 0.05) is 20.0 Å². The minimum absolute atomic E-state index is 0.0542. The highest BCUT2D eigenvalue weighted by molar-refractivity contribution is 5.88. The molecule has 0 bridgehead atoms. The molecule has 1 aliphatic rings. The van der Waals surface area contributed by atoms with Crippen LogP contribution in [-0.2, 0) is 22.7 Å². The summed E-state index contributed by atoms with van der Waals surface area (Å²) in [6, 6.07) is 3.23. The molecule has 1 saturated heterocycles. The Morgan fingerprint density at radius 1 is 1.36 bits per heavy atom. The summed E-state index contributed by atoms with van der Waals surface area (Å²) in [5, 5.41) is 13.0. The fourth-order valence-electron chi connectivity index (χ4n) is 2.77. The quantitative estimate of drug-likeness (QED) is 0.772. The first-order chi connectivity index (χ1) is 12.0. The van der Waals surface area contributed by atoms with E-state index in [1.54, 1.807) is 6.92 Å². The molecule has 1 fully saturated rings. The van der Waals surface area contributed by atoms with E-state index in [4.69, 9.17) is 8.83 Å². The topological polar surface area (TPSA) is 114 Å². The monoisotopic (exact) mass is 347 g/mol. The summed E-state index contributed by atoms with van der Waals surface area (Å²) < 4.78 is 10.8. The predicted molar refractivity (Wildman–Crippen MR) is 86.2 cm³/mol. The van der Waals surface area contributed by atoms with E-state index in [2.05, 4.69) is 20.8 Å². The number of carbonyl (C=O) groups excluding carboxylic acids is 2. The Bertz CT molecular complexity index is 753. The largest absolute Gasteiger partial charge is 0.465 e. The molecule has 25 heavy (non-hydrogen) atoms. The highest BCUT2D eigenvalue weighted by atomic mass is 16.4. The lowest BCUT2D eigenvalue weighted by Gasteiger charge is -2.34. The van der Waals surface area contributed by atoms with E-state index in [0.717, 1.165) is 11.5 Å². The molecule has 0 aromatic carbocycles. The van der Waals surface area contributed by atoms with Crippen molar-refractivity contribution in [2.75, 3.05) is 13.1 Å². The van der Waals surface area contributed by atoms with Crippen LogP contribution in [0, 0.1) is 13.8 Å². The second kappa shape index (κ2) is 7.47. The Labute approximate surface area is 144 Å². The van der Waals surface area contributed by atoms with E-state index < -0.39 is 6.04 Å². The highest BCUT2D eigenvalue weighted by Crippen LogP contribution is 2.16. The molecule has 0 spiro atoms. The van der Waals surface area contributed by atoms with Crippen LogP contribution in [0.3, 0.4) is 0 Å². The lowest BCUT2D eigenvalue weighted by atomic mass is 10.1. The average molecular weight is 347 g/mol. The van der Waals surface area contributed by atoms with Crippen LogP contribution >= 0.6 is 0 Å². The molecule has 3 rings (SSSR count). The number of hydrogen-bond donors (Lipinski definition) is 2. The molecular formula is C16H21N5O4. The molecule has 2 N–H and O–H groups in total. The maximum Gasteiger partial charge on any atom is 0.237 e. The highest BCUT2D eigenvalue weighted by Gasteiger charge is 2.32. The molecule has 134 valence electrons. The number of aromatic nitrogens is 2. The maximum absolute atomic E-state index is 12.2. The van der Waals surface area contributed by atoms with Crippen LogP contribution in [0.15, 0.2) is 21.0 Å². The Morgan fingerprint density at radius 3 is 2.88 bits per heavy atom. The van der Waals surface area contributed by atoms with Crippen LogP contribution in [0.5, 0.6) is 0 Å². The van der Waals surface area contributed by atoms with E-state index in [-0.39, 0.29) is 24.8 Å². The van der Waals surface area contributed by atoms with Crippen molar-refractivity contribution in [1.29, 1.82) is 0 Å². The third-order valence-corrected chi connectivity index (χ3v) is 3.98. The third-order valence-electron chi connectivity index (χ3n) is 3.98. The van der Waals surface area contributed by atoms with Crippen molar-refractivity contribution in [2.45, 2.75) is 39.4 Å². The minimum Gasteiger partial charge on any atom is -0.465 e.